The van der Waals surface area contributed by atoms with Crippen molar-refractivity contribution in [3.8, 4) is 0 Å². The molecule has 5 heteroatoms. The molecule has 0 aromatic rings. The van der Waals surface area contributed by atoms with Crippen molar-refractivity contribution >= 4 is 12.0 Å². The van der Waals surface area contributed by atoms with Gasteiger partial charge in [0.25, 0.3) is 0 Å². The Kier molecular flexibility index (Phi) is 7.41. The molecule has 1 atom stereocenters. The monoisotopic (exact) mass is 284 g/mol. The van der Waals surface area contributed by atoms with Crippen molar-refractivity contribution in [3.63, 3.8) is 0 Å². The number of urea groups is 1. The second-order valence-corrected chi connectivity index (χ2v) is 5.98. The van der Waals surface area contributed by atoms with Gasteiger partial charge in [-0.2, -0.15) is 0 Å². The Morgan fingerprint density at radius 2 is 1.80 bits per heavy atom. The molecule has 0 heterocycles. The molecule has 116 valence electrons. The van der Waals surface area contributed by atoms with Crippen molar-refractivity contribution in [1.29, 1.82) is 0 Å². The van der Waals surface area contributed by atoms with Crippen LogP contribution in [-0.4, -0.2) is 29.7 Å². The van der Waals surface area contributed by atoms with Gasteiger partial charge in [0.15, 0.2) is 0 Å². The number of aliphatic carboxylic acids is 1. The van der Waals surface area contributed by atoms with E-state index in [1.165, 1.54) is 32.1 Å². The van der Waals surface area contributed by atoms with Gasteiger partial charge < -0.3 is 15.7 Å². The highest BCUT2D eigenvalue weighted by Crippen LogP contribution is 2.29. The molecule has 0 bridgehead atoms. The third-order valence-electron chi connectivity index (χ3n) is 4.26. The number of carboxylic acids is 1. The van der Waals surface area contributed by atoms with Gasteiger partial charge in [-0.25, -0.2) is 4.79 Å². The van der Waals surface area contributed by atoms with Gasteiger partial charge >= 0.3 is 12.0 Å². The van der Waals surface area contributed by atoms with E-state index in [2.05, 4.69) is 17.6 Å². The topological polar surface area (TPSA) is 78.4 Å². The maximum Gasteiger partial charge on any atom is 0.315 e. The first-order valence-corrected chi connectivity index (χ1v) is 7.77. The van der Waals surface area contributed by atoms with Crippen molar-refractivity contribution in [3.05, 3.63) is 0 Å². The highest BCUT2D eigenvalue weighted by molar-refractivity contribution is 5.74. The zero-order chi connectivity index (χ0) is 15.0. The Labute approximate surface area is 121 Å². The van der Waals surface area contributed by atoms with Crippen LogP contribution in [0.1, 0.15) is 58.8 Å². The fourth-order valence-corrected chi connectivity index (χ4v) is 2.77. The quantitative estimate of drug-likeness (QED) is 0.672. The minimum absolute atomic E-state index is 0.0858. The molecule has 1 aliphatic carbocycles. The van der Waals surface area contributed by atoms with Crippen LogP contribution in [0.4, 0.5) is 4.79 Å². The van der Waals surface area contributed by atoms with E-state index < -0.39 is 5.97 Å². The first-order valence-electron chi connectivity index (χ1n) is 7.77. The zero-order valence-corrected chi connectivity index (χ0v) is 12.7. The molecule has 2 amide bonds. The number of nitrogens with one attached hydrogen (secondary N) is 2. The van der Waals surface area contributed by atoms with Gasteiger partial charge in [0.2, 0.25) is 0 Å². The third-order valence-corrected chi connectivity index (χ3v) is 4.26. The lowest BCUT2D eigenvalue weighted by Crippen LogP contribution is -2.43. The van der Waals surface area contributed by atoms with Gasteiger partial charge in [-0.15, -0.1) is 0 Å². The summed E-state index contributed by atoms with van der Waals surface area (Å²) in [4.78, 5) is 22.1. The average Bonchev–Trinajstić information content (AvgIpc) is 2.43. The molecule has 1 saturated carbocycles. The van der Waals surface area contributed by atoms with Crippen LogP contribution < -0.4 is 10.6 Å². The predicted molar refractivity (Wildman–Crippen MR) is 78.6 cm³/mol. The van der Waals surface area contributed by atoms with Crippen LogP contribution in [0.2, 0.25) is 0 Å². The van der Waals surface area contributed by atoms with Gasteiger partial charge in [-0.3, -0.25) is 4.79 Å². The Morgan fingerprint density at radius 1 is 1.20 bits per heavy atom. The minimum Gasteiger partial charge on any atom is -0.481 e. The number of rotatable bonds is 7. The lowest BCUT2D eigenvalue weighted by atomic mass is 9.81. The zero-order valence-electron chi connectivity index (χ0n) is 12.7. The molecule has 1 fully saturated rings. The van der Waals surface area contributed by atoms with Gasteiger partial charge in [-0.1, -0.05) is 26.2 Å². The first kappa shape index (κ1) is 16.8. The van der Waals surface area contributed by atoms with E-state index in [-0.39, 0.29) is 18.5 Å². The summed E-state index contributed by atoms with van der Waals surface area (Å²) in [5.74, 6) is 0.640. The lowest BCUT2D eigenvalue weighted by molar-refractivity contribution is -0.137. The van der Waals surface area contributed by atoms with Crippen LogP contribution in [0, 0.1) is 11.8 Å². The minimum atomic E-state index is -0.827. The Morgan fingerprint density at radius 3 is 2.35 bits per heavy atom. The van der Waals surface area contributed by atoms with Crippen molar-refractivity contribution in [2.45, 2.75) is 64.8 Å². The summed E-state index contributed by atoms with van der Waals surface area (Å²) in [6.45, 7) is 4.80. The highest BCUT2D eigenvalue weighted by atomic mass is 16.4. The molecule has 0 spiro atoms. The van der Waals surface area contributed by atoms with E-state index in [4.69, 9.17) is 5.11 Å². The van der Waals surface area contributed by atoms with E-state index in [0.29, 0.717) is 12.3 Å². The summed E-state index contributed by atoms with van der Waals surface area (Å²) in [6, 6.07) is -0.289. The average molecular weight is 284 g/mol. The molecule has 20 heavy (non-hydrogen) atoms. The molecule has 0 radical (unpaired) electrons. The Balaban J connectivity index is 2.12. The molecule has 0 saturated heterocycles. The maximum absolute atomic E-state index is 11.7. The summed E-state index contributed by atoms with van der Waals surface area (Å²) in [7, 11) is 0. The van der Waals surface area contributed by atoms with Crippen molar-refractivity contribution in [1.82, 2.24) is 10.6 Å². The fraction of sp³-hybridized carbons (Fsp3) is 0.867. The van der Waals surface area contributed by atoms with Gasteiger partial charge in [-0.05, 0) is 38.0 Å². The van der Waals surface area contributed by atoms with E-state index in [1.54, 1.807) is 0 Å². The molecule has 1 rings (SSSR count). The fourth-order valence-electron chi connectivity index (χ4n) is 2.77. The summed E-state index contributed by atoms with van der Waals surface area (Å²) >= 11 is 0. The second-order valence-electron chi connectivity index (χ2n) is 5.98. The second kappa shape index (κ2) is 8.82. The van der Waals surface area contributed by atoms with E-state index >= 15 is 0 Å². The normalized spacial score (nSPS) is 23.9. The Hall–Kier alpha value is -1.26. The number of hydrogen-bond donors (Lipinski definition) is 3. The molecule has 0 aliphatic heterocycles. The van der Waals surface area contributed by atoms with Gasteiger partial charge in [0.05, 0.1) is 0 Å². The summed E-state index contributed by atoms with van der Waals surface area (Å²) < 4.78 is 0. The van der Waals surface area contributed by atoms with Crippen LogP contribution in [-0.2, 0) is 4.79 Å². The SMILES string of the molecule is CCC1CCC(CNC(=O)NC(C)CCC(=O)O)CC1. The molecule has 1 unspecified atom stereocenters. The number of hydrogen-bond acceptors (Lipinski definition) is 2. The molecule has 0 aromatic heterocycles. The maximum atomic E-state index is 11.7. The number of carbonyl (C=O) groups excluding carboxylic acids is 1. The van der Waals surface area contributed by atoms with E-state index in [1.807, 2.05) is 6.92 Å². The predicted octanol–water partition coefficient (Wildman–Crippen LogP) is 2.76. The summed E-state index contributed by atoms with van der Waals surface area (Å²) in [5.41, 5.74) is 0. The molecule has 5 nitrogen and oxygen atoms in total. The van der Waals surface area contributed by atoms with Crippen molar-refractivity contribution in [2.24, 2.45) is 11.8 Å². The smallest absolute Gasteiger partial charge is 0.315 e. The van der Waals surface area contributed by atoms with Gasteiger partial charge in [0.1, 0.15) is 0 Å². The number of carboxylic acid groups (broad SMARTS) is 1. The molecular weight excluding hydrogens is 256 g/mol. The summed E-state index contributed by atoms with van der Waals surface area (Å²) in [6.07, 6.45) is 6.77. The van der Waals surface area contributed by atoms with Crippen LogP contribution in [0.25, 0.3) is 0 Å². The largest absolute Gasteiger partial charge is 0.481 e. The number of carbonyl (C=O) groups is 2. The first-order chi connectivity index (χ1) is 9.51. The summed E-state index contributed by atoms with van der Waals surface area (Å²) in [5, 5.41) is 14.3. The van der Waals surface area contributed by atoms with Crippen molar-refractivity contribution in [2.75, 3.05) is 6.54 Å². The molecule has 1 aliphatic rings. The Bertz CT molecular complexity index is 312. The third kappa shape index (κ3) is 6.78. The van der Waals surface area contributed by atoms with E-state index in [0.717, 1.165) is 12.5 Å². The van der Waals surface area contributed by atoms with E-state index in [9.17, 15) is 9.59 Å². The molecule has 0 aromatic carbocycles. The van der Waals surface area contributed by atoms with Crippen LogP contribution in [0.3, 0.4) is 0 Å². The van der Waals surface area contributed by atoms with Gasteiger partial charge in [0, 0.05) is 19.0 Å². The van der Waals surface area contributed by atoms with Crippen LogP contribution >= 0.6 is 0 Å². The molecule has 3 N–H and O–H groups in total. The van der Waals surface area contributed by atoms with Crippen LogP contribution in [0.5, 0.6) is 0 Å². The standard InChI is InChI=1S/C15H28N2O3/c1-3-12-5-7-13(8-6-12)10-16-15(20)17-11(2)4-9-14(18)19/h11-13H,3-10H2,1-2H3,(H,18,19)(H2,16,17,20). The van der Waals surface area contributed by atoms with Crippen molar-refractivity contribution < 1.29 is 14.7 Å². The highest BCUT2D eigenvalue weighted by Gasteiger charge is 2.20. The lowest BCUT2D eigenvalue weighted by Gasteiger charge is -2.28. The van der Waals surface area contributed by atoms with Crippen LogP contribution in [0.15, 0.2) is 0 Å². The molecular formula is C15H28N2O3. The number of amides is 2.